The first-order valence-electron chi connectivity index (χ1n) is 6.36. The molecule has 1 N–H and O–H groups in total. The minimum Gasteiger partial charge on any atom is -0.439 e. The summed E-state index contributed by atoms with van der Waals surface area (Å²) in [5.41, 5.74) is 0.951. The largest absolute Gasteiger partial charge is 0.439 e. The molecule has 0 radical (unpaired) electrons. The SMILES string of the molecule is CC(C)NCc1cc(Oc2cccc(Cl)c2)ncc1Cl. The third kappa shape index (κ3) is 4.37. The number of benzene rings is 1. The molecule has 0 unspecified atom stereocenters. The fourth-order valence-corrected chi connectivity index (χ4v) is 1.97. The van der Waals surface area contributed by atoms with Gasteiger partial charge in [0, 0.05) is 29.9 Å². The van der Waals surface area contributed by atoms with Gasteiger partial charge in [-0.15, -0.1) is 0 Å². The van der Waals surface area contributed by atoms with Crippen molar-refractivity contribution in [2.24, 2.45) is 0 Å². The molecule has 5 heteroatoms. The normalized spacial score (nSPS) is 10.8. The molecule has 0 saturated heterocycles. The Hall–Kier alpha value is -1.29. The highest BCUT2D eigenvalue weighted by Gasteiger charge is 2.06. The molecule has 20 heavy (non-hydrogen) atoms. The second-order valence-electron chi connectivity index (χ2n) is 4.71. The van der Waals surface area contributed by atoms with Crippen LogP contribution in [0.25, 0.3) is 0 Å². The van der Waals surface area contributed by atoms with Crippen LogP contribution in [0.1, 0.15) is 19.4 Å². The van der Waals surface area contributed by atoms with Crippen molar-refractivity contribution in [3.63, 3.8) is 0 Å². The average molecular weight is 311 g/mol. The molecule has 0 bridgehead atoms. The number of hydrogen-bond acceptors (Lipinski definition) is 3. The highest BCUT2D eigenvalue weighted by molar-refractivity contribution is 6.31. The van der Waals surface area contributed by atoms with Gasteiger partial charge in [0.2, 0.25) is 5.88 Å². The molecule has 0 spiro atoms. The van der Waals surface area contributed by atoms with Gasteiger partial charge in [0.05, 0.1) is 5.02 Å². The minimum absolute atomic E-state index is 0.386. The molecule has 1 aromatic carbocycles. The van der Waals surface area contributed by atoms with Gasteiger partial charge in [-0.25, -0.2) is 4.98 Å². The highest BCUT2D eigenvalue weighted by atomic mass is 35.5. The molecule has 0 aliphatic heterocycles. The van der Waals surface area contributed by atoms with Crippen LogP contribution in [0, 0.1) is 0 Å². The first kappa shape index (κ1) is 15.1. The van der Waals surface area contributed by atoms with E-state index in [1.165, 1.54) is 0 Å². The van der Waals surface area contributed by atoms with Crippen molar-refractivity contribution in [1.29, 1.82) is 0 Å². The summed E-state index contributed by atoms with van der Waals surface area (Å²) in [7, 11) is 0. The summed E-state index contributed by atoms with van der Waals surface area (Å²) >= 11 is 12.0. The molecule has 0 aliphatic carbocycles. The molecule has 1 aromatic heterocycles. The highest BCUT2D eigenvalue weighted by Crippen LogP contribution is 2.25. The van der Waals surface area contributed by atoms with E-state index in [9.17, 15) is 0 Å². The van der Waals surface area contributed by atoms with Gasteiger partial charge in [-0.2, -0.15) is 0 Å². The lowest BCUT2D eigenvalue weighted by atomic mass is 10.2. The maximum Gasteiger partial charge on any atom is 0.219 e. The number of halogens is 2. The van der Waals surface area contributed by atoms with Crippen molar-refractivity contribution in [2.45, 2.75) is 26.4 Å². The zero-order valence-electron chi connectivity index (χ0n) is 11.4. The first-order chi connectivity index (χ1) is 9.54. The topological polar surface area (TPSA) is 34.1 Å². The maximum atomic E-state index is 6.13. The van der Waals surface area contributed by atoms with Gasteiger partial charge in [-0.3, -0.25) is 0 Å². The van der Waals surface area contributed by atoms with Gasteiger partial charge in [-0.05, 0) is 23.8 Å². The van der Waals surface area contributed by atoms with Gasteiger partial charge in [0.1, 0.15) is 5.75 Å². The summed E-state index contributed by atoms with van der Waals surface area (Å²) in [6.07, 6.45) is 1.60. The zero-order valence-corrected chi connectivity index (χ0v) is 12.9. The fraction of sp³-hybridized carbons (Fsp3) is 0.267. The Morgan fingerprint density at radius 3 is 2.75 bits per heavy atom. The molecule has 0 amide bonds. The van der Waals surface area contributed by atoms with Crippen molar-refractivity contribution in [2.75, 3.05) is 0 Å². The third-order valence-corrected chi connectivity index (χ3v) is 3.20. The van der Waals surface area contributed by atoms with E-state index in [2.05, 4.69) is 24.1 Å². The molecular weight excluding hydrogens is 295 g/mol. The lowest BCUT2D eigenvalue weighted by molar-refractivity contribution is 0.461. The Balaban J connectivity index is 2.14. The van der Waals surface area contributed by atoms with E-state index in [1.54, 1.807) is 18.3 Å². The summed E-state index contributed by atoms with van der Waals surface area (Å²) in [6, 6.07) is 9.41. The summed E-state index contributed by atoms with van der Waals surface area (Å²) in [5, 5.41) is 4.56. The molecule has 106 valence electrons. The molecule has 1 heterocycles. The van der Waals surface area contributed by atoms with Crippen LogP contribution in [0.2, 0.25) is 10.0 Å². The fourth-order valence-electron chi connectivity index (χ4n) is 1.62. The summed E-state index contributed by atoms with van der Waals surface area (Å²) in [6.45, 7) is 4.84. The van der Waals surface area contributed by atoms with Crippen molar-refractivity contribution in [3.8, 4) is 11.6 Å². The Morgan fingerprint density at radius 1 is 1.25 bits per heavy atom. The van der Waals surface area contributed by atoms with Crippen LogP contribution in [-0.4, -0.2) is 11.0 Å². The third-order valence-electron chi connectivity index (χ3n) is 2.63. The maximum absolute atomic E-state index is 6.13. The molecule has 2 rings (SSSR count). The van der Waals surface area contributed by atoms with E-state index < -0.39 is 0 Å². The lowest BCUT2D eigenvalue weighted by Gasteiger charge is -2.11. The van der Waals surface area contributed by atoms with Crippen molar-refractivity contribution < 1.29 is 4.74 Å². The Bertz CT molecular complexity index is 588. The number of nitrogens with zero attached hydrogens (tertiary/aromatic N) is 1. The molecular formula is C15H16Cl2N2O. The zero-order chi connectivity index (χ0) is 14.5. The van der Waals surface area contributed by atoms with Gasteiger partial charge < -0.3 is 10.1 Å². The van der Waals surface area contributed by atoms with Crippen LogP contribution in [0.5, 0.6) is 11.6 Å². The van der Waals surface area contributed by atoms with Gasteiger partial charge in [0.15, 0.2) is 0 Å². The molecule has 0 atom stereocenters. The first-order valence-corrected chi connectivity index (χ1v) is 7.11. The number of aromatic nitrogens is 1. The molecule has 0 saturated carbocycles. The summed E-state index contributed by atoms with van der Waals surface area (Å²) in [4.78, 5) is 4.17. The van der Waals surface area contributed by atoms with Crippen LogP contribution in [-0.2, 0) is 6.54 Å². The molecule has 2 aromatic rings. The standard InChI is InChI=1S/C15H16Cl2N2O/c1-10(2)18-8-11-6-15(19-9-14(11)17)20-13-5-3-4-12(16)7-13/h3-7,9-10,18H,8H2,1-2H3. The van der Waals surface area contributed by atoms with Crippen LogP contribution in [0.3, 0.4) is 0 Å². The van der Waals surface area contributed by atoms with Crippen molar-refractivity contribution >= 4 is 23.2 Å². The van der Waals surface area contributed by atoms with Crippen LogP contribution in [0.15, 0.2) is 36.5 Å². The quantitative estimate of drug-likeness (QED) is 0.870. The van der Waals surface area contributed by atoms with Crippen molar-refractivity contribution in [3.05, 3.63) is 52.1 Å². The monoisotopic (exact) mass is 310 g/mol. The van der Waals surface area contributed by atoms with Crippen LogP contribution < -0.4 is 10.1 Å². The summed E-state index contributed by atoms with van der Waals surface area (Å²) in [5.74, 6) is 1.15. The molecule has 0 fully saturated rings. The van der Waals surface area contributed by atoms with Gasteiger partial charge >= 0.3 is 0 Å². The van der Waals surface area contributed by atoms with Crippen molar-refractivity contribution in [1.82, 2.24) is 10.3 Å². The Labute approximate surface area is 128 Å². The van der Waals surface area contributed by atoms with E-state index in [4.69, 9.17) is 27.9 Å². The van der Waals surface area contributed by atoms with E-state index in [0.29, 0.717) is 34.3 Å². The number of rotatable bonds is 5. The van der Waals surface area contributed by atoms with Gasteiger partial charge in [0.25, 0.3) is 0 Å². The Morgan fingerprint density at radius 2 is 2.05 bits per heavy atom. The minimum atomic E-state index is 0.386. The Kier molecular flexibility index (Phi) is 5.24. The average Bonchev–Trinajstić information content (AvgIpc) is 2.39. The molecule has 0 aliphatic rings. The predicted molar refractivity (Wildman–Crippen MR) is 82.7 cm³/mol. The van der Waals surface area contributed by atoms with E-state index >= 15 is 0 Å². The van der Waals surface area contributed by atoms with E-state index in [1.807, 2.05) is 18.2 Å². The number of pyridine rings is 1. The smallest absolute Gasteiger partial charge is 0.219 e. The number of ether oxygens (including phenoxy) is 1. The second kappa shape index (κ2) is 6.93. The van der Waals surface area contributed by atoms with Gasteiger partial charge in [-0.1, -0.05) is 43.1 Å². The predicted octanol–water partition coefficient (Wildman–Crippen LogP) is 4.68. The second-order valence-corrected chi connectivity index (χ2v) is 5.55. The van der Waals surface area contributed by atoms with Crippen LogP contribution in [0.4, 0.5) is 0 Å². The molecule has 3 nitrogen and oxygen atoms in total. The van der Waals surface area contributed by atoms with E-state index in [-0.39, 0.29) is 0 Å². The number of nitrogens with one attached hydrogen (secondary N) is 1. The van der Waals surface area contributed by atoms with Crippen LogP contribution >= 0.6 is 23.2 Å². The number of hydrogen-bond donors (Lipinski definition) is 1. The lowest BCUT2D eigenvalue weighted by Crippen LogP contribution is -2.22. The summed E-state index contributed by atoms with van der Waals surface area (Å²) < 4.78 is 5.68. The van der Waals surface area contributed by atoms with E-state index in [0.717, 1.165) is 5.56 Å².